The molecule has 118 valence electrons. The third-order valence-electron chi connectivity index (χ3n) is 3.26. The van der Waals surface area contributed by atoms with Gasteiger partial charge in [0, 0.05) is 10.9 Å². The van der Waals surface area contributed by atoms with Crippen LogP contribution in [0.2, 0.25) is 0 Å². The molecule has 0 aliphatic carbocycles. The van der Waals surface area contributed by atoms with Crippen molar-refractivity contribution in [2.45, 2.75) is 25.6 Å². The number of amides is 1. The summed E-state index contributed by atoms with van der Waals surface area (Å²) in [5, 5.41) is 20.5. The van der Waals surface area contributed by atoms with Crippen LogP contribution in [0.15, 0.2) is 24.3 Å². The molecule has 2 rings (SSSR count). The van der Waals surface area contributed by atoms with E-state index in [1.807, 2.05) is 0 Å². The summed E-state index contributed by atoms with van der Waals surface area (Å²) in [7, 11) is 0. The number of hydrogen-bond acceptors (Lipinski definition) is 5. The number of aromatic nitrogens is 1. The molecule has 0 saturated heterocycles. The fraction of sp³-hybridized carbons (Fsp3) is 0.333. The molecule has 1 amide bonds. The summed E-state index contributed by atoms with van der Waals surface area (Å²) in [6.07, 6.45) is -2.86. The molecule has 0 radical (unpaired) electrons. The number of aliphatic hydroxyl groups excluding tert-OH is 2. The maximum Gasteiger partial charge on any atom is 0.354 e. The highest BCUT2D eigenvalue weighted by molar-refractivity contribution is 5.95. The second kappa shape index (κ2) is 6.59. The average Bonchev–Trinajstić information content (AvgIpc) is 2.89. The molecule has 2 unspecified atom stereocenters. The van der Waals surface area contributed by atoms with Crippen LogP contribution in [0.5, 0.6) is 0 Å². The first-order valence-electron chi connectivity index (χ1n) is 6.86. The predicted molar refractivity (Wildman–Crippen MR) is 79.0 cm³/mol. The number of nitrogens with two attached hydrogens (primary N) is 1. The standard InChI is InChI=1S/C15H18N2O5/c1-2-22-15(21)11-5-8-3-4-9(6-10(8)17-11)14(20)12(18)7-13(16)19/h3-6,12,14,17-18,20H,2,7H2,1H3,(H2,16,19). The molecular formula is C15H18N2O5. The molecule has 0 saturated carbocycles. The van der Waals surface area contributed by atoms with Gasteiger partial charge < -0.3 is 25.7 Å². The smallest absolute Gasteiger partial charge is 0.354 e. The van der Waals surface area contributed by atoms with E-state index in [2.05, 4.69) is 4.98 Å². The molecule has 0 fully saturated rings. The Kier molecular flexibility index (Phi) is 4.79. The molecule has 7 nitrogen and oxygen atoms in total. The van der Waals surface area contributed by atoms with E-state index in [0.29, 0.717) is 16.8 Å². The van der Waals surface area contributed by atoms with Gasteiger partial charge in [-0.05, 0) is 24.6 Å². The Balaban J connectivity index is 2.26. The van der Waals surface area contributed by atoms with Crippen LogP contribution in [0.25, 0.3) is 10.9 Å². The molecule has 2 aromatic rings. The van der Waals surface area contributed by atoms with Gasteiger partial charge in [-0.15, -0.1) is 0 Å². The van der Waals surface area contributed by atoms with Crippen LogP contribution in [-0.4, -0.2) is 39.8 Å². The molecule has 7 heteroatoms. The number of hydrogen-bond donors (Lipinski definition) is 4. The largest absolute Gasteiger partial charge is 0.461 e. The topological polar surface area (TPSA) is 126 Å². The molecule has 2 atom stereocenters. The van der Waals surface area contributed by atoms with Gasteiger partial charge in [0.15, 0.2) is 0 Å². The third-order valence-corrected chi connectivity index (χ3v) is 3.26. The van der Waals surface area contributed by atoms with E-state index in [4.69, 9.17) is 10.5 Å². The number of aromatic amines is 1. The van der Waals surface area contributed by atoms with E-state index in [9.17, 15) is 19.8 Å². The molecule has 0 spiro atoms. The normalized spacial score (nSPS) is 13.8. The summed E-state index contributed by atoms with van der Waals surface area (Å²) in [6, 6.07) is 6.56. The van der Waals surface area contributed by atoms with Gasteiger partial charge in [-0.2, -0.15) is 0 Å². The molecule has 0 aliphatic heterocycles. The van der Waals surface area contributed by atoms with Crippen molar-refractivity contribution < 1.29 is 24.5 Å². The van der Waals surface area contributed by atoms with Crippen LogP contribution >= 0.6 is 0 Å². The van der Waals surface area contributed by atoms with Crippen molar-refractivity contribution in [3.05, 3.63) is 35.5 Å². The Labute approximate surface area is 126 Å². The summed E-state index contributed by atoms with van der Waals surface area (Å²) >= 11 is 0. The van der Waals surface area contributed by atoms with Crippen molar-refractivity contribution in [1.29, 1.82) is 0 Å². The minimum absolute atomic E-state index is 0.275. The summed E-state index contributed by atoms with van der Waals surface area (Å²) in [5.41, 5.74) is 6.34. The highest BCUT2D eigenvalue weighted by atomic mass is 16.5. The van der Waals surface area contributed by atoms with E-state index < -0.39 is 24.1 Å². The van der Waals surface area contributed by atoms with Crippen LogP contribution in [-0.2, 0) is 9.53 Å². The number of carbonyl (C=O) groups is 2. The molecule has 1 aromatic carbocycles. The Hall–Kier alpha value is -2.38. The summed E-state index contributed by atoms with van der Waals surface area (Å²) in [4.78, 5) is 25.4. The number of carbonyl (C=O) groups excluding carboxylic acids is 2. The quantitative estimate of drug-likeness (QED) is 0.582. The predicted octanol–water partition coefficient (Wildman–Crippen LogP) is 0.614. The van der Waals surface area contributed by atoms with Crippen molar-refractivity contribution >= 4 is 22.8 Å². The van der Waals surface area contributed by atoms with Crippen LogP contribution in [0.3, 0.4) is 0 Å². The number of nitrogens with one attached hydrogen (secondary N) is 1. The summed E-state index contributed by atoms with van der Waals surface area (Å²) < 4.78 is 4.91. The van der Waals surface area contributed by atoms with Gasteiger partial charge in [0.25, 0.3) is 0 Å². The monoisotopic (exact) mass is 306 g/mol. The maximum atomic E-state index is 11.7. The lowest BCUT2D eigenvalue weighted by Gasteiger charge is -2.16. The van der Waals surface area contributed by atoms with E-state index >= 15 is 0 Å². The number of fused-ring (bicyclic) bond motifs is 1. The first-order valence-corrected chi connectivity index (χ1v) is 6.86. The Morgan fingerprint density at radius 2 is 2.05 bits per heavy atom. The summed E-state index contributed by atoms with van der Waals surface area (Å²) in [5.74, 6) is -1.16. The van der Waals surface area contributed by atoms with E-state index in [-0.39, 0.29) is 13.0 Å². The highest BCUT2D eigenvalue weighted by Crippen LogP contribution is 2.24. The number of ether oxygens (including phenoxy) is 1. The molecule has 22 heavy (non-hydrogen) atoms. The molecule has 0 bridgehead atoms. The van der Waals surface area contributed by atoms with Crippen LogP contribution < -0.4 is 5.73 Å². The first kappa shape index (κ1) is 16.0. The number of primary amides is 1. The Bertz CT molecular complexity index is 694. The van der Waals surface area contributed by atoms with E-state index in [1.165, 1.54) is 0 Å². The van der Waals surface area contributed by atoms with Crippen molar-refractivity contribution in [2.24, 2.45) is 5.73 Å². The highest BCUT2D eigenvalue weighted by Gasteiger charge is 2.21. The Morgan fingerprint density at radius 3 is 2.68 bits per heavy atom. The average molecular weight is 306 g/mol. The lowest BCUT2D eigenvalue weighted by atomic mass is 10.0. The molecule has 1 aromatic heterocycles. The minimum Gasteiger partial charge on any atom is -0.461 e. The van der Waals surface area contributed by atoms with Gasteiger partial charge in [-0.3, -0.25) is 4.79 Å². The molecule has 5 N–H and O–H groups in total. The number of H-pyrrole nitrogens is 1. The van der Waals surface area contributed by atoms with Gasteiger partial charge in [0.05, 0.1) is 19.1 Å². The summed E-state index contributed by atoms with van der Waals surface area (Å²) in [6.45, 7) is 1.99. The van der Waals surface area contributed by atoms with Crippen molar-refractivity contribution in [3.8, 4) is 0 Å². The third kappa shape index (κ3) is 3.44. The van der Waals surface area contributed by atoms with Crippen LogP contribution in [0.4, 0.5) is 0 Å². The first-order chi connectivity index (χ1) is 10.4. The van der Waals surface area contributed by atoms with E-state index in [1.54, 1.807) is 31.2 Å². The second-order valence-electron chi connectivity index (χ2n) is 4.93. The zero-order valence-corrected chi connectivity index (χ0v) is 12.1. The second-order valence-corrected chi connectivity index (χ2v) is 4.93. The fourth-order valence-corrected chi connectivity index (χ4v) is 2.19. The maximum absolute atomic E-state index is 11.7. The molecular weight excluding hydrogens is 288 g/mol. The van der Waals surface area contributed by atoms with Crippen molar-refractivity contribution in [3.63, 3.8) is 0 Å². The van der Waals surface area contributed by atoms with Gasteiger partial charge in [-0.25, -0.2) is 4.79 Å². The van der Waals surface area contributed by atoms with Gasteiger partial charge in [-0.1, -0.05) is 12.1 Å². The SMILES string of the molecule is CCOC(=O)c1cc2ccc(C(O)C(O)CC(N)=O)cc2[nH]1. The number of rotatable bonds is 6. The number of benzene rings is 1. The number of aliphatic hydroxyl groups is 2. The van der Waals surface area contributed by atoms with Crippen molar-refractivity contribution in [1.82, 2.24) is 4.98 Å². The lowest BCUT2D eigenvalue weighted by molar-refractivity contribution is -0.121. The van der Waals surface area contributed by atoms with Crippen LogP contribution in [0, 0.1) is 0 Å². The van der Waals surface area contributed by atoms with Gasteiger partial charge in [0.2, 0.25) is 5.91 Å². The minimum atomic E-state index is -1.28. The Morgan fingerprint density at radius 1 is 1.32 bits per heavy atom. The zero-order chi connectivity index (χ0) is 16.3. The van der Waals surface area contributed by atoms with E-state index in [0.717, 1.165) is 5.39 Å². The molecule has 0 aliphatic rings. The van der Waals surface area contributed by atoms with Gasteiger partial charge in [0.1, 0.15) is 11.8 Å². The zero-order valence-electron chi connectivity index (χ0n) is 12.1. The number of esters is 1. The lowest BCUT2D eigenvalue weighted by Crippen LogP contribution is -2.25. The molecule has 1 heterocycles. The van der Waals surface area contributed by atoms with Gasteiger partial charge >= 0.3 is 5.97 Å². The van der Waals surface area contributed by atoms with Crippen LogP contribution in [0.1, 0.15) is 35.5 Å². The van der Waals surface area contributed by atoms with Crippen molar-refractivity contribution in [2.75, 3.05) is 6.61 Å². The fourth-order valence-electron chi connectivity index (χ4n) is 2.19.